The third-order valence-electron chi connectivity index (χ3n) is 2.03. The van der Waals surface area contributed by atoms with E-state index in [0.29, 0.717) is 18.3 Å². The summed E-state index contributed by atoms with van der Waals surface area (Å²) in [5.74, 6) is 0.670. The molecule has 0 saturated carbocycles. The van der Waals surface area contributed by atoms with Crippen molar-refractivity contribution < 1.29 is 4.74 Å². The Morgan fingerprint density at radius 2 is 2.31 bits per heavy atom. The van der Waals surface area contributed by atoms with E-state index in [2.05, 4.69) is 26.0 Å². The molecule has 0 saturated heterocycles. The summed E-state index contributed by atoms with van der Waals surface area (Å²) in [5.41, 5.74) is 6.53. The fraction of sp³-hybridized carbons (Fsp3) is 0.200. The number of aryl methyl sites for hydroxylation is 1. The number of ether oxygens (including phenoxy) is 1. The second-order valence-corrected chi connectivity index (χ2v) is 4.17. The van der Waals surface area contributed by atoms with Crippen LogP contribution in [0, 0.1) is 0 Å². The molecule has 2 aromatic rings. The summed E-state index contributed by atoms with van der Waals surface area (Å²) < 4.78 is 8.05. The van der Waals surface area contributed by atoms with E-state index < -0.39 is 0 Å². The van der Waals surface area contributed by atoms with E-state index in [-0.39, 0.29) is 0 Å². The summed E-state index contributed by atoms with van der Waals surface area (Å²) in [6, 6.07) is 5.98. The minimum Gasteiger partial charge on any atom is -0.423 e. The molecule has 2 rings (SSSR count). The molecule has 0 aliphatic carbocycles. The van der Waals surface area contributed by atoms with Crippen LogP contribution in [-0.4, -0.2) is 14.8 Å². The lowest BCUT2D eigenvalue weighted by atomic mass is 10.2. The zero-order chi connectivity index (χ0) is 11.5. The zero-order valence-corrected chi connectivity index (χ0v) is 10.3. The molecule has 0 aliphatic rings. The lowest BCUT2D eigenvalue weighted by Crippen LogP contribution is -2.00. The maximum Gasteiger partial charge on any atom is 0.340 e. The van der Waals surface area contributed by atoms with Crippen LogP contribution < -0.4 is 10.5 Å². The molecule has 0 fully saturated rings. The SMILES string of the molecule is Cn1cnc(Oc2cc(Br)ccc2CN)n1. The first-order chi connectivity index (χ1) is 7.69. The Bertz CT molecular complexity index is 497. The van der Waals surface area contributed by atoms with E-state index in [4.69, 9.17) is 10.5 Å². The van der Waals surface area contributed by atoms with E-state index in [1.807, 2.05) is 18.2 Å². The minimum atomic E-state index is 0.315. The lowest BCUT2D eigenvalue weighted by Gasteiger charge is -2.07. The van der Waals surface area contributed by atoms with Gasteiger partial charge in [-0.3, -0.25) is 4.68 Å². The van der Waals surface area contributed by atoms with Crippen LogP contribution in [0.3, 0.4) is 0 Å². The monoisotopic (exact) mass is 282 g/mol. The van der Waals surface area contributed by atoms with E-state index in [9.17, 15) is 0 Å². The Hall–Kier alpha value is -1.40. The molecule has 1 heterocycles. The van der Waals surface area contributed by atoms with E-state index in [0.717, 1.165) is 10.0 Å². The zero-order valence-electron chi connectivity index (χ0n) is 8.72. The topological polar surface area (TPSA) is 66.0 Å². The maximum absolute atomic E-state index is 5.62. The number of rotatable bonds is 3. The molecule has 0 radical (unpaired) electrons. The molecule has 2 N–H and O–H groups in total. The van der Waals surface area contributed by atoms with Crippen LogP contribution in [0.15, 0.2) is 29.0 Å². The molecule has 16 heavy (non-hydrogen) atoms. The first-order valence-corrected chi connectivity index (χ1v) is 5.50. The van der Waals surface area contributed by atoms with Gasteiger partial charge in [-0.1, -0.05) is 22.0 Å². The molecule has 84 valence electrons. The van der Waals surface area contributed by atoms with Crippen molar-refractivity contribution >= 4 is 15.9 Å². The highest BCUT2D eigenvalue weighted by Crippen LogP contribution is 2.26. The summed E-state index contributed by atoms with van der Waals surface area (Å²) in [4.78, 5) is 3.99. The molecule has 0 bridgehead atoms. The minimum absolute atomic E-state index is 0.315. The van der Waals surface area contributed by atoms with E-state index in [1.165, 1.54) is 0 Å². The van der Waals surface area contributed by atoms with Crippen molar-refractivity contribution in [3.63, 3.8) is 0 Å². The van der Waals surface area contributed by atoms with Crippen LogP contribution in [0.2, 0.25) is 0 Å². The average molecular weight is 283 g/mol. The number of benzene rings is 1. The molecule has 5 nitrogen and oxygen atoms in total. The summed E-state index contributed by atoms with van der Waals surface area (Å²) in [6.07, 6.45) is 1.58. The predicted octanol–water partition coefficient (Wildman–Crippen LogP) is 1.83. The smallest absolute Gasteiger partial charge is 0.340 e. The second-order valence-electron chi connectivity index (χ2n) is 3.26. The molecule has 0 aliphatic heterocycles. The van der Waals surface area contributed by atoms with Crippen molar-refractivity contribution in [3.8, 4) is 11.8 Å². The molecule has 1 aromatic heterocycles. The van der Waals surface area contributed by atoms with Crippen LogP contribution >= 0.6 is 15.9 Å². The quantitative estimate of drug-likeness (QED) is 0.933. The highest BCUT2D eigenvalue weighted by Gasteiger charge is 2.07. The van der Waals surface area contributed by atoms with Crippen LogP contribution in [-0.2, 0) is 13.6 Å². The highest BCUT2D eigenvalue weighted by atomic mass is 79.9. The molecule has 0 spiro atoms. The lowest BCUT2D eigenvalue weighted by molar-refractivity contribution is 0.434. The van der Waals surface area contributed by atoms with Crippen molar-refractivity contribution in [1.29, 1.82) is 0 Å². The Labute approximate surface area is 101 Å². The molecule has 1 aromatic carbocycles. The average Bonchev–Trinajstić information content (AvgIpc) is 2.64. The van der Waals surface area contributed by atoms with Gasteiger partial charge in [-0.2, -0.15) is 4.98 Å². The number of aromatic nitrogens is 3. The fourth-order valence-corrected chi connectivity index (χ4v) is 1.60. The van der Waals surface area contributed by atoms with E-state index >= 15 is 0 Å². The van der Waals surface area contributed by atoms with Gasteiger partial charge in [0.15, 0.2) is 0 Å². The number of hydrogen-bond acceptors (Lipinski definition) is 4. The number of nitrogens with two attached hydrogens (primary N) is 1. The van der Waals surface area contributed by atoms with Crippen molar-refractivity contribution in [1.82, 2.24) is 14.8 Å². The molecule has 6 heteroatoms. The Kier molecular flexibility index (Phi) is 3.21. The molecule has 0 unspecified atom stereocenters. The number of hydrogen-bond donors (Lipinski definition) is 1. The van der Waals surface area contributed by atoms with Gasteiger partial charge in [0.05, 0.1) is 0 Å². The van der Waals surface area contributed by atoms with Crippen LogP contribution in [0.1, 0.15) is 5.56 Å². The number of nitrogens with zero attached hydrogens (tertiary/aromatic N) is 3. The Morgan fingerprint density at radius 3 is 2.94 bits per heavy atom. The molecule has 0 amide bonds. The van der Waals surface area contributed by atoms with E-state index in [1.54, 1.807) is 18.1 Å². The van der Waals surface area contributed by atoms with Gasteiger partial charge in [-0.05, 0) is 12.1 Å². The third-order valence-corrected chi connectivity index (χ3v) is 2.52. The maximum atomic E-state index is 5.62. The molecular weight excluding hydrogens is 272 g/mol. The van der Waals surface area contributed by atoms with Crippen molar-refractivity contribution in [2.45, 2.75) is 6.54 Å². The van der Waals surface area contributed by atoms with Gasteiger partial charge in [0.2, 0.25) is 0 Å². The second kappa shape index (κ2) is 4.63. The summed E-state index contributed by atoms with van der Waals surface area (Å²) >= 11 is 3.38. The molecular formula is C10H11BrN4O. The van der Waals surface area contributed by atoms with Crippen LogP contribution in [0.4, 0.5) is 0 Å². The Balaban J connectivity index is 2.29. The van der Waals surface area contributed by atoms with Gasteiger partial charge >= 0.3 is 6.01 Å². The van der Waals surface area contributed by atoms with Crippen molar-refractivity contribution in [3.05, 3.63) is 34.6 Å². The fourth-order valence-electron chi connectivity index (χ4n) is 1.26. The van der Waals surface area contributed by atoms with Gasteiger partial charge in [-0.25, -0.2) is 0 Å². The van der Waals surface area contributed by atoms with Crippen molar-refractivity contribution in [2.75, 3.05) is 0 Å². The largest absolute Gasteiger partial charge is 0.423 e. The third kappa shape index (κ3) is 2.40. The van der Waals surface area contributed by atoms with Crippen LogP contribution in [0.25, 0.3) is 0 Å². The van der Waals surface area contributed by atoms with Gasteiger partial charge in [0.25, 0.3) is 0 Å². The normalized spacial score (nSPS) is 10.4. The standard InChI is InChI=1S/C10H11BrN4O/c1-15-6-13-10(14-15)16-9-4-8(11)3-2-7(9)5-12/h2-4,6H,5,12H2,1H3. The molecule has 0 atom stereocenters. The first kappa shape index (κ1) is 11.1. The van der Waals surface area contributed by atoms with Gasteiger partial charge in [0.1, 0.15) is 12.1 Å². The van der Waals surface area contributed by atoms with Crippen LogP contribution in [0.5, 0.6) is 11.8 Å². The predicted molar refractivity (Wildman–Crippen MR) is 63.1 cm³/mol. The van der Waals surface area contributed by atoms with Crippen molar-refractivity contribution in [2.24, 2.45) is 12.8 Å². The Morgan fingerprint density at radius 1 is 1.50 bits per heavy atom. The highest BCUT2D eigenvalue weighted by molar-refractivity contribution is 9.10. The first-order valence-electron chi connectivity index (χ1n) is 4.71. The summed E-state index contributed by atoms with van der Waals surface area (Å²) in [5, 5.41) is 4.04. The number of halogens is 1. The summed E-state index contributed by atoms with van der Waals surface area (Å²) in [6.45, 7) is 0.412. The summed E-state index contributed by atoms with van der Waals surface area (Å²) in [7, 11) is 1.78. The van der Waals surface area contributed by atoms with Gasteiger partial charge in [0, 0.05) is 23.6 Å². The van der Waals surface area contributed by atoms with Gasteiger partial charge < -0.3 is 10.5 Å². The van der Waals surface area contributed by atoms with Gasteiger partial charge in [-0.15, -0.1) is 5.10 Å².